The van der Waals surface area contributed by atoms with Gasteiger partial charge in [0, 0.05) is 56.4 Å². The third kappa shape index (κ3) is 6.85. The molecule has 2 fully saturated rings. The summed E-state index contributed by atoms with van der Waals surface area (Å²) in [5.74, 6) is -0.0250. The Morgan fingerprint density at radius 2 is 1.82 bits per heavy atom. The largest absolute Gasteiger partial charge is 0.416 e. The van der Waals surface area contributed by atoms with Crippen molar-refractivity contribution < 1.29 is 22.7 Å². The van der Waals surface area contributed by atoms with Crippen LogP contribution in [0.4, 0.5) is 23.7 Å². The number of carbonyl (C=O) groups is 1. The van der Waals surface area contributed by atoms with E-state index in [1.165, 1.54) is 12.1 Å². The normalized spacial score (nSPS) is 25.7. The van der Waals surface area contributed by atoms with Crippen LogP contribution in [0.5, 0.6) is 0 Å². The fourth-order valence-electron chi connectivity index (χ4n) is 5.92. The topological polar surface area (TPSA) is 68.9 Å². The summed E-state index contributed by atoms with van der Waals surface area (Å²) in [4.78, 5) is 17.1. The van der Waals surface area contributed by atoms with Crippen LogP contribution in [0.25, 0.3) is 0 Å². The van der Waals surface area contributed by atoms with Crippen molar-refractivity contribution >= 4 is 11.7 Å². The Labute approximate surface area is 228 Å². The number of amides is 2. The third-order valence-electron chi connectivity index (χ3n) is 8.16. The number of anilines is 1. The molecular weight excluding hydrogens is 507 g/mol. The van der Waals surface area contributed by atoms with Gasteiger partial charge in [0.2, 0.25) is 0 Å². The van der Waals surface area contributed by atoms with E-state index in [0.29, 0.717) is 30.8 Å². The number of piperazine rings is 1. The van der Waals surface area contributed by atoms with Gasteiger partial charge in [0.1, 0.15) is 0 Å². The molecular formula is C29H38F3N5O2. The van der Waals surface area contributed by atoms with Crippen LogP contribution in [0.2, 0.25) is 0 Å². The molecule has 10 heteroatoms. The van der Waals surface area contributed by atoms with Gasteiger partial charge in [-0.05, 0) is 56.6 Å². The number of nitrogens with zero attached hydrogens (tertiary/aromatic N) is 2. The molecule has 0 spiro atoms. The number of hydrogen-bond donors (Lipinski definition) is 3. The van der Waals surface area contributed by atoms with E-state index < -0.39 is 17.8 Å². The molecule has 2 saturated heterocycles. The second-order valence-electron chi connectivity index (χ2n) is 10.9. The molecule has 3 heterocycles. The average Bonchev–Trinajstić information content (AvgIpc) is 2.94. The number of fused-ring (bicyclic) bond motifs is 3. The molecule has 3 N–H and O–H groups in total. The lowest BCUT2D eigenvalue weighted by atomic mass is 9.76. The van der Waals surface area contributed by atoms with Crippen LogP contribution in [0.3, 0.4) is 0 Å². The first-order valence-electron chi connectivity index (χ1n) is 13.9. The van der Waals surface area contributed by atoms with E-state index in [-0.39, 0.29) is 24.1 Å². The lowest BCUT2D eigenvalue weighted by Crippen LogP contribution is -2.46. The lowest BCUT2D eigenvalue weighted by molar-refractivity contribution is -0.138. The first kappa shape index (κ1) is 27.7. The molecule has 0 aromatic heterocycles. The molecule has 3 aliphatic rings. The summed E-state index contributed by atoms with van der Waals surface area (Å²) in [6.45, 7) is 6.11. The summed E-state index contributed by atoms with van der Waals surface area (Å²) in [7, 11) is 2.13. The van der Waals surface area contributed by atoms with Crippen LogP contribution >= 0.6 is 0 Å². The summed E-state index contributed by atoms with van der Waals surface area (Å²) in [5, 5.41) is 9.30. The van der Waals surface area contributed by atoms with Crippen molar-refractivity contribution in [3.63, 3.8) is 0 Å². The quantitative estimate of drug-likeness (QED) is 0.442. The summed E-state index contributed by atoms with van der Waals surface area (Å²) in [6, 6.07) is 13.5. The summed E-state index contributed by atoms with van der Waals surface area (Å²) in [6.07, 6.45) is -2.85. The van der Waals surface area contributed by atoms with Crippen molar-refractivity contribution in [2.75, 3.05) is 58.2 Å². The second-order valence-corrected chi connectivity index (χ2v) is 10.9. The van der Waals surface area contributed by atoms with Crippen LogP contribution in [0.15, 0.2) is 48.5 Å². The van der Waals surface area contributed by atoms with Crippen LogP contribution in [-0.2, 0) is 10.9 Å². The van der Waals surface area contributed by atoms with Gasteiger partial charge in [-0.15, -0.1) is 0 Å². The number of halogens is 3. The van der Waals surface area contributed by atoms with Gasteiger partial charge in [-0.2, -0.15) is 13.2 Å². The molecule has 0 bridgehead atoms. The van der Waals surface area contributed by atoms with Gasteiger partial charge in [0.15, 0.2) is 0 Å². The Hall–Kier alpha value is -2.82. The smallest absolute Gasteiger partial charge is 0.378 e. The predicted molar refractivity (Wildman–Crippen MR) is 145 cm³/mol. The number of urea groups is 1. The van der Waals surface area contributed by atoms with Crippen molar-refractivity contribution in [1.82, 2.24) is 20.4 Å². The molecule has 39 heavy (non-hydrogen) atoms. The lowest BCUT2D eigenvalue weighted by Gasteiger charge is -2.46. The van der Waals surface area contributed by atoms with Crippen molar-refractivity contribution in [1.29, 1.82) is 0 Å². The highest BCUT2D eigenvalue weighted by molar-refractivity contribution is 5.73. The maximum atomic E-state index is 13.5. The summed E-state index contributed by atoms with van der Waals surface area (Å²) < 4.78 is 47.1. The van der Waals surface area contributed by atoms with E-state index in [1.807, 2.05) is 30.3 Å². The Morgan fingerprint density at radius 3 is 2.56 bits per heavy atom. The zero-order valence-corrected chi connectivity index (χ0v) is 22.3. The molecule has 0 radical (unpaired) electrons. The summed E-state index contributed by atoms with van der Waals surface area (Å²) in [5.41, 5.74) is 1.58. The number of carbonyl (C=O) groups excluding carboxylic acids is 1. The first-order chi connectivity index (χ1) is 18.8. The van der Waals surface area contributed by atoms with E-state index in [4.69, 9.17) is 4.74 Å². The third-order valence-corrected chi connectivity index (χ3v) is 8.16. The molecule has 2 aromatic rings. The van der Waals surface area contributed by atoms with E-state index >= 15 is 0 Å². The minimum Gasteiger partial charge on any atom is -0.378 e. The number of alkyl halides is 3. The zero-order valence-electron chi connectivity index (χ0n) is 22.3. The molecule has 4 atom stereocenters. The molecule has 212 valence electrons. The molecule has 7 nitrogen and oxygen atoms in total. The van der Waals surface area contributed by atoms with Gasteiger partial charge in [-0.25, -0.2) is 4.79 Å². The van der Waals surface area contributed by atoms with Crippen LogP contribution in [0.1, 0.15) is 48.1 Å². The molecule has 0 unspecified atom stereocenters. The van der Waals surface area contributed by atoms with Crippen LogP contribution in [-0.4, -0.2) is 74.8 Å². The molecule has 0 aliphatic carbocycles. The second kappa shape index (κ2) is 12.1. The standard InChI is InChI=1S/C29H38F3N5O2/c1-36-14-16-37(17-15-36)13-5-12-33-28(38)34-19-22-9-10-23-26(20-6-3-2-4-7-20)35-25-11-8-21(29(30,31)32)18-24(25)27(23)39-22/h2-4,6-8,11,18,22-23,26-27,35H,5,9-10,12-17,19H2,1H3,(H2,33,34,38)/t22-,23+,26+,27+/m1/s1. The van der Waals surface area contributed by atoms with Crippen molar-refractivity contribution in [2.45, 2.75) is 43.7 Å². The van der Waals surface area contributed by atoms with Gasteiger partial charge in [-0.1, -0.05) is 30.3 Å². The number of benzene rings is 2. The number of ether oxygens (including phenoxy) is 1. The van der Waals surface area contributed by atoms with Crippen molar-refractivity contribution in [3.05, 3.63) is 65.2 Å². The number of likely N-dealkylation sites (N-methyl/N-ethyl adjacent to an activating group) is 1. The van der Waals surface area contributed by atoms with Gasteiger partial charge in [-0.3, -0.25) is 0 Å². The average molecular weight is 546 g/mol. The number of nitrogens with one attached hydrogen (secondary N) is 3. The van der Waals surface area contributed by atoms with Gasteiger partial charge >= 0.3 is 12.2 Å². The predicted octanol–water partition coefficient (Wildman–Crippen LogP) is 4.65. The van der Waals surface area contributed by atoms with Crippen LogP contribution < -0.4 is 16.0 Å². The maximum Gasteiger partial charge on any atom is 0.416 e. The van der Waals surface area contributed by atoms with E-state index in [1.54, 1.807) is 0 Å². The molecule has 2 amide bonds. The SMILES string of the molecule is CN1CCN(CCCNC(=O)NC[C@H]2CC[C@@H]3[C@H](O2)c2cc(C(F)(F)F)ccc2N[C@H]3c2ccccc2)CC1. The number of hydrogen-bond acceptors (Lipinski definition) is 5. The molecule has 2 aromatic carbocycles. The Kier molecular flexibility index (Phi) is 8.64. The van der Waals surface area contributed by atoms with Gasteiger partial charge in [0.05, 0.1) is 23.8 Å². The minimum absolute atomic E-state index is 0.0250. The minimum atomic E-state index is -4.43. The zero-order chi connectivity index (χ0) is 27.4. The Balaban J connectivity index is 1.18. The Morgan fingerprint density at radius 1 is 1.05 bits per heavy atom. The number of rotatable bonds is 7. The summed E-state index contributed by atoms with van der Waals surface area (Å²) >= 11 is 0. The maximum absolute atomic E-state index is 13.5. The molecule has 0 saturated carbocycles. The highest BCUT2D eigenvalue weighted by atomic mass is 19.4. The first-order valence-corrected chi connectivity index (χ1v) is 13.9. The fraction of sp³-hybridized carbons (Fsp3) is 0.552. The molecule has 3 aliphatic heterocycles. The highest BCUT2D eigenvalue weighted by Crippen LogP contribution is 2.51. The monoisotopic (exact) mass is 545 g/mol. The Bertz CT molecular complexity index is 1110. The van der Waals surface area contributed by atoms with Crippen molar-refractivity contribution in [3.8, 4) is 0 Å². The van der Waals surface area contributed by atoms with Gasteiger partial charge < -0.3 is 30.5 Å². The van der Waals surface area contributed by atoms with Crippen LogP contribution in [0, 0.1) is 5.92 Å². The van der Waals surface area contributed by atoms with E-state index in [0.717, 1.165) is 57.2 Å². The van der Waals surface area contributed by atoms with E-state index in [2.05, 4.69) is 32.8 Å². The molecule has 5 rings (SSSR count). The highest BCUT2D eigenvalue weighted by Gasteiger charge is 2.43. The van der Waals surface area contributed by atoms with E-state index in [9.17, 15) is 18.0 Å². The van der Waals surface area contributed by atoms with Crippen molar-refractivity contribution in [2.24, 2.45) is 5.92 Å². The fourth-order valence-corrected chi connectivity index (χ4v) is 5.92. The van der Waals surface area contributed by atoms with Gasteiger partial charge in [0.25, 0.3) is 0 Å².